The maximum atomic E-state index is 6.09. The Hall–Kier alpha value is -2.50. The molecule has 0 saturated heterocycles. The van der Waals surface area contributed by atoms with Gasteiger partial charge in [0.1, 0.15) is 5.75 Å². The number of rotatable bonds is 6. The van der Waals surface area contributed by atoms with Gasteiger partial charge in [-0.1, -0.05) is 23.2 Å². The monoisotopic (exact) mass is 416 g/mol. The molecule has 7 heteroatoms. The summed E-state index contributed by atoms with van der Waals surface area (Å²) in [5.41, 5.74) is 3.75. The SMILES string of the molecule is CCN(C)C=Nc1cc(C)c(Oc2ccn(-c3ccc(Cl)c(Cl)c3)n2)cc1C. The standard InChI is InChI=1S/C21H22Cl2N4O/c1-5-26(4)13-24-19-10-15(3)20(11-14(19)2)28-21-8-9-27(25-21)16-6-7-17(22)18(23)12-16/h6-13H,5H2,1-4H3. The molecule has 2 aromatic carbocycles. The quantitative estimate of drug-likeness (QED) is 0.354. The molecule has 0 N–H and O–H groups in total. The third kappa shape index (κ3) is 4.66. The van der Waals surface area contributed by atoms with Crippen molar-refractivity contribution < 1.29 is 4.74 Å². The highest BCUT2D eigenvalue weighted by Gasteiger charge is 2.09. The Kier molecular flexibility index (Phi) is 6.27. The van der Waals surface area contributed by atoms with Gasteiger partial charge in [0.2, 0.25) is 5.88 Å². The highest BCUT2D eigenvalue weighted by atomic mass is 35.5. The fraction of sp³-hybridized carbons (Fsp3) is 0.238. The minimum absolute atomic E-state index is 0.480. The van der Waals surface area contributed by atoms with Gasteiger partial charge in [-0.05, 0) is 62.2 Å². The van der Waals surface area contributed by atoms with Crippen LogP contribution in [-0.2, 0) is 0 Å². The van der Waals surface area contributed by atoms with Crippen molar-refractivity contribution in [2.24, 2.45) is 4.99 Å². The van der Waals surface area contributed by atoms with Crippen LogP contribution >= 0.6 is 23.2 Å². The Morgan fingerprint density at radius 3 is 2.61 bits per heavy atom. The topological polar surface area (TPSA) is 42.6 Å². The number of aromatic nitrogens is 2. The Morgan fingerprint density at radius 1 is 1.11 bits per heavy atom. The molecular weight excluding hydrogens is 395 g/mol. The molecule has 0 fully saturated rings. The molecule has 3 rings (SSSR count). The van der Waals surface area contributed by atoms with E-state index in [1.165, 1.54) is 0 Å². The van der Waals surface area contributed by atoms with E-state index in [1.54, 1.807) is 22.9 Å². The van der Waals surface area contributed by atoms with Gasteiger partial charge in [-0.2, -0.15) is 0 Å². The third-order valence-corrected chi connectivity index (χ3v) is 5.07. The average Bonchev–Trinajstić information content (AvgIpc) is 3.13. The van der Waals surface area contributed by atoms with Crippen LogP contribution < -0.4 is 4.74 Å². The maximum Gasteiger partial charge on any atom is 0.238 e. The van der Waals surface area contributed by atoms with E-state index < -0.39 is 0 Å². The van der Waals surface area contributed by atoms with Crippen LogP contribution in [0.5, 0.6) is 11.6 Å². The van der Waals surface area contributed by atoms with Crippen LogP contribution in [-0.4, -0.2) is 34.6 Å². The van der Waals surface area contributed by atoms with Crippen molar-refractivity contribution in [1.82, 2.24) is 14.7 Å². The molecule has 0 aliphatic rings. The fourth-order valence-corrected chi connectivity index (χ4v) is 2.80. The predicted molar refractivity (Wildman–Crippen MR) is 116 cm³/mol. The van der Waals surface area contributed by atoms with E-state index in [0.717, 1.165) is 34.8 Å². The zero-order valence-corrected chi connectivity index (χ0v) is 17.8. The summed E-state index contributed by atoms with van der Waals surface area (Å²) in [4.78, 5) is 6.57. The maximum absolute atomic E-state index is 6.09. The molecule has 0 unspecified atom stereocenters. The zero-order valence-electron chi connectivity index (χ0n) is 16.3. The second-order valence-electron chi connectivity index (χ2n) is 6.52. The predicted octanol–water partition coefficient (Wildman–Crippen LogP) is 6.20. The molecule has 3 aromatic rings. The van der Waals surface area contributed by atoms with E-state index in [-0.39, 0.29) is 0 Å². The molecule has 1 aromatic heterocycles. The molecule has 0 bridgehead atoms. The minimum Gasteiger partial charge on any atom is -0.437 e. The van der Waals surface area contributed by atoms with Crippen LogP contribution in [0.15, 0.2) is 47.6 Å². The van der Waals surface area contributed by atoms with Gasteiger partial charge in [0.05, 0.1) is 27.8 Å². The van der Waals surface area contributed by atoms with Crippen LogP contribution in [0, 0.1) is 13.8 Å². The van der Waals surface area contributed by atoms with Gasteiger partial charge in [-0.3, -0.25) is 0 Å². The summed E-state index contributed by atoms with van der Waals surface area (Å²) in [6.45, 7) is 6.99. The number of hydrogen-bond donors (Lipinski definition) is 0. The number of halogens is 2. The van der Waals surface area contributed by atoms with E-state index in [9.17, 15) is 0 Å². The largest absolute Gasteiger partial charge is 0.437 e. The van der Waals surface area contributed by atoms with Crippen molar-refractivity contribution in [2.45, 2.75) is 20.8 Å². The van der Waals surface area contributed by atoms with Gasteiger partial charge in [-0.25, -0.2) is 9.67 Å². The first-order chi connectivity index (χ1) is 13.4. The first kappa shape index (κ1) is 20.2. The molecule has 0 radical (unpaired) electrons. The summed E-state index contributed by atoms with van der Waals surface area (Å²) in [6, 6.07) is 11.1. The van der Waals surface area contributed by atoms with Crippen LogP contribution in [0.4, 0.5) is 5.69 Å². The molecule has 0 atom stereocenters. The second kappa shape index (κ2) is 8.67. The van der Waals surface area contributed by atoms with Crippen molar-refractivity contribution in [2.75, 3.05) is 13.6 Å². The van der Waals surface area contributed by atoms with Gasteiger partial charge in [0, 0.05) is 25.9 Å². The lowest BCUT2D eigenvalue weighted by atomic mass is 10.1. The van der Waals surface area contributed by atoms with Crippen molar-refractivity contribution in [3.05, 3.63) is 63.8 Å². The van der Waals surface area contributed by atoms with Gasteiger partial charge >= 0.3 is 0 Å². The summed E-state index contributed by atoms with van der Waals surface area (Å²) < 4.78 is 7.69. The highest BCUT2D eigenvalue weighted by Crippen LogP contribution is 2.31. The molecule has 0 spiro atoms. The van der Waals surface area contributed by atoms with E-state index in [0.29, 0.717) is 15.9 Å². The van der Waals surface area contributed by atoms with Crippen molar-refractivity contribution in [3.8, 4) is 17.3 Å². The number of aryl methyl sites for hydroxylation is 2. The molecule has 1 heterocycles. The summed E-state index contributed by atoms with van der Waals surface area (Å²) in [7, 11) is 1.99. The molecule has 5 nitrogen and oxygen atoms in total. The number of aliphatic imine (C=N–C) groups is 1. The Morgan fingerprint density at radius 2 is 1.89 bits per heavy atom. The van der Waals surface area contributed by atoms with Gasteiger partial charge in [0.15, 0.2) is 0 Å². The van der Waals surface area contributed by atoms with Gasteiger partial charge < -0.3 is 9.64 Å². The van der Waals surface area contributed by atoms with Crippen LogP contribution in [0.2, 0.25) is 10.0 Å². The van der Waals surface area contributed by atoms with Gasteiger partial charge in [0.25, 0.3) is 0 Å². The van der Waals surface area contributed by atoms with E-state index in [1.807, 2.05) is 56.5 Å². The molecule has 146 valence electrons. The van der Waals surface area contributed by atoms with Crippen LogP contribution in [0.1, 0.15) is 18.1 Å². The number of hydrogen-bond acceptors (Lipinski definition) is 3. The molecule has 0 amide bonds. The van der Waals surface area contributed by atoms with E-state index >= 15 is 0 Å². The first-order valence-corrected chi connectivity index (χ1v) is 9.67. The lowest BCUT2D eigenvalue weighted by Gasteiger charge is -2.11. The minimum atomic E-state index is 0.480. The molecule has 28 heavy (non-hydrogen) atoms. The smallest absolute Gasteiger partial charge is 0.238 e. The lowest BCUT2D eigenvalue weighted by Crippen LogP contribution is -2.14. The normalized spacial score (nSPS) is 11.2. The zero-order chi connectivity index (χ0) is 20.3. The Labute approximate surface area is 175 Å². The van der Waals surface area contributed by atoms with Crippen molar-refractivity contribution in [1.29, 1.82) is 0 Å². The van der Waals surface area contributed by atoms with Crippen LogP contribution in [0.25, 0.3) is 5.69 Å². The molecular formula is C21H22Cl2N4O. The summed E-state index contributed by atoms with van der Waals surface area (Å²) in [5, 5.41) is 5.45. The molecule has 0 saturated carbocycles. The van der Waals surface area contributed by atoms with Crippen molar-refractivity contribution >= 4 is 35.2 Å². The third-order valence-electron chi connectivity index (χ3n) is 4.33. The first-order valence-electron chi connectivity index (χ1n) is 8.92. The highest BCUT2D eigenvalue weighted by molar-refractivity contribution is 6.42. The van der Waals surface area contributed by atoms with Crippen molar-refractivity contribution in [3.63, 3.8) is 0 Å². The second-order valence-corrected chi connectivity index (χ2v) is 7.34. The fourth-order valence-electron chi connectivity index (χ4n) is 2.51. The van der Waals surface area contributed by atoms with Gasteiger partial charge in [-0.15, -0.1) is 5.10 Å². The van der Waals surface area contributed by atoms with Crippen LogP contribution in [0.3, 0.4) is 0 Å². The molecule has 0 aliphatic heterocycles. The van der Waals surface area contributed by atoms with E-state index in [2.05, 4.69) is 17.0 Å². The Balaban J connectivity index is 1.80. The lowest BCUT2D eigenvalue weighted by molar-refractivity contribution is 0.454. The number of benzene rings is 2. The summed E-state index contributed by atoms with van der Waals surface area (Å²) in [6.07, 6.45) is 3.65. The average molecular weight is 417 g/mol. The Bertz CT molecular complexity index is 1010. The number of ether oxygens (including phenoxy) is 1. The summed E-state index contributed by atoms with van der Waals surface area (Å²) in [5.74, 6) is 1.25. The summed E-state index contributed by atoms with van der Waals surface area (Å²) >= 11 is 12.1. The number of nitrogens with zero attached hydrogens (tertiary/aromatic N) is 4. The molecule has 0 aliphatic carbocycles. The van der Waals surface area contributed by atoms with E-state index in [4.69, 9.17) is 27.9 Å².